The summed E-state index contributed by atoms with van der Waals surface area (Å²) >= 11 is 0. The minimum atomic E-state index is -0.415. The lowest BCUT2D eigenvalue weighted by atomic mass is 9.73. The molecule has 2 aliphatic rings. The van der Waals surface area contributed by atoms with Crippen LogP contribution in [0, 0.1) is 11.9 Å². The lowest BCUT2D eigenvalue weighted by Gasteiger charge is -2.31. The summed E-state index contributed by atoms with van der Waals surface area (Å²) in [6.45, 7) is 3.55. The van der Waals surface area contributed by atoms with Gasteiger partial charge in [0.05, 0.1) is 10.9 Å². The molecule has 0 unspecified atom stereocenters. The fourth-order valence-electron chi connectivity index (χ4n) is 5.46. The standard InChI is InChI=1S/C34H35FN4O2/c35-34-29-23-27(14-17-30(29)37-38-34)33(32(25-9-4-10-25)24-7-2-1-3-8-24)26-12-15-28(16-13-26)41-22-19-36-18-5-11-31(40)39-20-6-21-39/h1-3,5,7-8,11-17,23,25,36H,4,6,9-10,18-22H2,(H,37,38)/b11-5+,33-32-. The number of aromatic nitrogens is 2. The van der Waals surface area contributed by atoms with E-state index in [-0.39, 0.29) is 5.91 Å². The van der Waals surface area contributed by atoms with Gasteiger partial charge in [-0.15, -0.1) is 0 Å². The third-order valence-electron chi connectivity index (χ3n) is 8.04. The third kappa shape index (κ3) is 6.10. The number of likely N-dealkylation sites (tertiary alicyclic amines) is 1. The van der Waals surface area contributed by atoms with Gasteiger partial charge in [0.25, 0.3) is 0 Å². The van der Waals surface area contributed by atoms with Gasteiger partial charge < -0.3 is 15.0 Å². The molecule has 6 rings (SSSR count). The summed E-state index contributed by atoms with van der Waals surface area (Å²) in [6.07, 6.45) is 8.11. The van der Waals surface area contributed by atoms with Gasteiger partial charge in [0.1, 0.15) is 12.4 Å². The Morgan fingerprint density at radius 2 is 1.78 bits per heavy atom. The number of rotatable bonds is 11. The van der Waals surface area contributed by atoms with Crippen molar-refractivity contribution >= 4 is 28.0 Å². The molecule has 6 nitrogen and oxygen atoms in total. The van der Waals surface area contributed by atoms with E-state index in [4.69, 9.17) is 4.74 Å². The Hall–Kier alpha value is -4.23. The molecule has 7 heteroatoms. The SMILES string of the molecule is O=C(/C=C/CNCCOc1ccc(/C(=C(\c2ccccc2)C2CCC2)c2ccc3n[nH]c(F)c3c2)cc1)N1CCC1. The molecule has 210 valence electrons. The summed E-state index contributed by atoms with van der Waals surface area (Å²) in [5.41, 5.74) is 6.29. The topological polar surface area (TPSA) is 70.2 Å². The van der Waals surface area contributed by atoms with Crippen LogP contribution in [0.25, 0.3) is 22.0 Å². The van der Waals surface area contributed by atoms with Crippen molar-refractivity contribution in [3.8, 4) is 5.75 Å². The Morgan fingerprint density at radius 1 is 1.00 bits per heavy atom. The molecule has 2 fully saturated rings. The van der Waals surface area contributed by atoms with Gasteiger partial charge in [-0.05, 0) is 77.3 Å². The van der Waals surface area contributed by atoms with Crippen LogP contribution in [-0.4, -0.2) is 53.8 Å². The van der Waals surface area contributed by atoms with Crippen molar-refractivity contribution in [2.75, 3.05) is 32.8 Å². The molecule has 1 amide bonds. The highest BCUT2D eigenvalue weighted by atomic mass is 19.1. The van der Waals surface area contributed by atoms with Crippen LogP contribution in [0.1, 0.15) is 42.4 Å². The van der Waals surface area contributed by atoms with Gasteiger partial charge in [-0.1, -0.05) is 61.0 Å². The molecule has 1 saturated heterocycles. The average molecular weight is 551 g/mol. The number of benzene rings is 3. The highest BCUT2D eigenvalue weighted by molar-refractivity contribution is 6.01. The zero-order valence-corrected chi connectivity index (χ0v) is 23.1. The fourth-order valence-corrected chi connectivity index (χ4v) is 5.46. The van der Waals surface area contributed by atoms with E-state index in [9.17, 15) is 9.18 Å². The summed E-state index contributed by atoms with van der Waals surface area (Å²) < 4.78 is 20.5. The normalized spacial score (nSPS) is 16.0. The maximum absolute atomic E-state index is 14.5. The van der Waals surface area contributed by atoms with Crippen LogP contribution in [-0.2, 0) is 4.79 Å². The molecule has 2 heterocycles. The van der Waals surface area contributed by atoms with Crippen LogP contribution < -0.4 is 10.1 Å². The van der Waals surface area contributed by atoms with Gasteiger partial charge in [0.15, 0.2) is 0 Å². The summed E-state index contributed by atoms with van der Waals surface area (Å²) in [5, 5.41) is 10.3. The maximum atomic E-state index is 14.5. The van der Waals surface area contributed by atoms with Crippen LogP contribution in [0.4, 0.5) is 4.39 Å². The van der Waals surface area contributed by atoms with E-state index in [1.165, 1.54) is 17.6 Å². The van der Waals surface area contributed by atoms with E-state index in [1.54, 1.807) is 6.08 Å². The van der Waals surface area contributed by atoms with E-state index in [2.05, 4.69) is 51.9 Å². The van der Waals surface area contributed by atoms with E-state index < -0.39 is 5.95 Å². The molecule has 0 bridgehead atoms. The summed E-state index contributed by atoms with van der Waals surface area (Å²) in [6, 6.07) is 24.6. The quantitative estimate of drug-likeness (QED) is 0.132. The van der Waals surface area contributed by atoms with Crippen molar-refractivity contribution in [2.24, 2.45) is 5.92 Å². The molecule has 41 heavy (non-hydrogen) atoms. The monoisotopic (exact) mass is 550 g/mol. The fraction of sp³-hybridized carbons (Fsp3) is 0.294. The molecular formula is C34H35FN4O2. The number of hydrogen-bond acceptors (Lipinski definition) is 4. The first-order chi connectivity index (χ1) is 20.2. The van der Waals surface area contributed by atoms with Gasteiger partial charge in [-0.25, -0.2) is 0 Å². The molecule has 2 N–H and O–H groups in total. The Labute approximate surface area is 239 Å². The molecular weight excluding hydrogens is 515 g/mol. The minimum absolute atomic E-state index is 0.0883. The number of carbonyl (C=O) groups excluding carboxylic acids is 1. The number of aromatic amines is 1. The van der Waals surface area contributed by atoms with E-state index >= 15 is 0 Å². The predicted molar refractivity (Wildman–Crippen MR) is 161 cm³/mol. The molecule has 1 aliphatic heterocycles. The molecule has 4 aromatic rings. The van der Waals surface area contributed by atoms with Crippen molar-refractivity contribution in [2.45, 2.75) is 25.7 Å². The lowest BCUT2D eigenvalue weighted by Crippen LogP contribution is -2.41. The number of fused-ring (bicyclic) bond motifs is 1. The van der Waals surface area contributed by atoms with E-state index in [0.29, 0.717) is 36.5 Å². The summed E-state index contributed by atoms with van der Waals surface area (Å²) in [7, 11) is 0. The van der Waals surface area contributed by atoms with Gasteiger partial charge in [0.2, 0.25) is 11.9 Å². The number of H-pyrrole nitrogens is 1. The zero-order chi connectivity index (χ0) is 28.0. The van der Waals surface area contributed by atoms with Crippen LogP contribution in [0.2, 0.25) is 0 Å². The molecule has 0 spiro atoms. The van der Waals surface area contributed by atoms with E-state index in [0.717, 1.165) is 54.8 Å². The summed E-state index contributed by atoms with van der Waals surface area (Å²) in [5.74, 6) is 0.918. The first kappa shape index (κ1) is 27.0. The van der Waals surface area contributed by atoms with Crippen LogP contribution in [0.15, 0.2) is 84.9 Å². The van der Waals surface area contributed by atoms with Crippen LogP contribution >= 0.6 is 0 Å². The first-order valence-electron chi connectivity index (χ1n) is 14.5. The Kier molecular flexibility index (Phi) is 8.23. The van der Waals surface area contributed by atoms with Crippen molar-refractivity contribution in [1.29, 1.82) is 0 Å². The van der Waals surface area contributed by atoms with Crippen molar-refractivity contribution in [3.05, 3.63) is 108 Å². The third-order valence-corrected chi connectivity index (χ3v) is 8.04. The second-order valence-corrected chi connectivity index (χ2v) is 10.7. The Bertz CT molecular complexity index is 1550. The molecule has 0 radical (unpaired) electrons. The molecule has 1 aliphatic carbocycles. The smallest absolute Gasteiger partial charge is 0.246 e. The van der Waals surface area contributed by atoms with Gasteiger partial charge >= 0.3 is 0 Å². The second-order valence-electron chi connectivity index (χ2n) is 10.7. The first-order valence-corrected chi connectivity index (χ1v) is 14.5. The van der Waals surface area contributed by atoms with Crippen LogP contribution in [0.3, 0.4) is 0 Å². The van der Waals surface area contributed by atoms with Gasteiger partial charge in [0, 0.05) is 32.3 Å². The number of amides is 1. The minimum Gasteiger partial charge on any atom is -0.492 e. The highest BCUT2D eigenvalue weighted by Crippen LogP contribution is 2.45. The van der Waals surface area contributed by atoms with Crippen LogP contribution in [0.5, 0.6) is 5.75 Å². The number of carbonyl (C=O) groups is 1. The number of ether oxygens (including phenoxy) is 1. The number of hydrogen-bond donors (Lipinski definition) is 2. The Balaban J connectivity index is 1.20. The number of nitrogens with zero attached hydrogens (tertiary/aromatic N) is 2. The van der Waals surface area contributed by atoms with Gasteiger partial charge in [-0.3, -0.25) is 9.89 Å². The molecule has 1 aromatic heterocycles. The molecule has 0 atom stereocenters. The number of nitrogens with one attached hydrogen (secondary N) is 2. The van der Waals surface area contributed by atoms with Gasteiger partial charge in [-0.2, -0.15) is 9.49 Å². The lowest BCUT2D eigenvalue weighted by molar-refractivity contribution is -0.129. The van der Waals surface area contributed by atoms with Crippen molar-refractivity contribution in [1.82, 2.24) is 20.4 Å². The predicted octanol–water partition coefficient (Wildman–Crippen LogP) is 6.22. The molecule has 3 aromatic carbocycles. The summed E-state index contributed by atoms with van der Waals surface area (Å²) in [4.78, 5) is 13.7. The number of allylic oxidation sites excluding steroid dienone is 1. The molecule has 1 saturated carbocycles. The highest BCUT2D eigenvalue weighted by Gasteiger charge is 2.27. The number of halogens is 1. The largest absolute Gasteiger partial charge is 0.492 e. The second kappa shape index (κ2) is 12.5. The van der Waals surface area contributed by atoms with Crippen molar-refractivity contribution in [3.63, 3.8) is 0 Å². The van der Waals surface area contributed by atoms with Crippen molar-refractivity contribution < 1.29 is 13.9 Å². The van der Waals surface area contributed by atoms with E-state index in [1.807, 2.05) is 47.4 Å². The average Bonchev–Trinajstić information content (AvgIpc) is 3.31. The maximum Gasteiger partial charge on any atom is 0.246 e. The Morgan fingerprint density at radius 3 is 2.49 bits per heavy atom. The zero-order valence-electron chi connectivity index (χ0n) is 23.1.